The molecule has 7 nitrogen and oxygen atoms in total. The van der Waals surface area contributed by atoms with E-state index in [1.807, 2.05) is 0 Å². The van der Waals surface area contributed by atoms with Crippen LogP contribution in [0.25, 0.3) is 0 Å². The molecule has 1 saturated heterocycles. The third kappa shape index (κ3) is 3.07. The van der Waals surface area contributed by atoms with E-state index in [0.29, 0.717) is 32.5 Å². The van der Waals surface area contributed by atoms with Crippen molar-refractivity contribution in [1.82, 2.24) is 5.32 Å². The van der Waals surface area contributed by atoms with Crippen molar-refractivity contribution in [2.45, 2.75) is 61.0 Å². The summed E-state index contributed by atoms with van der Waals surface area (Å²) in [5.41, 5.74) is -1.42. The maximum Gasteiger partial charge on any atom is 0.410 e. The fraction of sp³-hybridized carbons (Fsp3) is 0.933. The molecule has 1 aliphatic heterocycles. The Hall–Kier alpha value is -0.840. The van der Waals surface area contributed by atoms with Crippen molar-refractivity contribution in [3.05, 3.63) is 0 Å². The van der Waals surface area contributed by atoms with Crippen LogP contribution in [0.15, 0.2) is 0 Å². The van der Waals surface area contributed by atoms with Gasteiger partial charge >= 0.3 is 11.2 Å². The van der Waals surface area contributed by atoms with Gasteiger partial charge in [0.2, 0.25) is 0 Å². The number of carbonyl (C=O) groups is 1. The van der Waals surface area contributed by atoms with E-state index in [-0.39, 0.29) is 17.9 Å². The van der Waals surface area contributed by atoms with Gasteiger partial charge in [-0.1, -0.05) is 0 Å². The molecule has 5 fully saturated rings. The lowest BCUT2D eigenvalue weighted by Gasteiger charge is -2.61. The highest BCUT2D eigenvalue weighted by atomic mass is 32.2. The molecule has 4 bridgehead atoms. The van der Waals surface area contributed by atoms with Crippen LogP contribution < -0.4 is 5.32 Å². The van der Waals surface area contributed by atoms with Crippen LogP contribution in [0.5, 0.6) is 0 Å². The molecule has 0 aromatic heterocycles. The molecule has 1 amide bonds. The normalized spacial score (nSPS) is 42.4. The Kier molecular flexibility index (Phi) is 3.75. The maximum atomic E-state index is 13.6. The van der Waals surface area contributed by atoms with E-state index in [2.05, 4.69) is 5.32 Å². The van der Waals surface area contributed by atoms with Crippen LogP contribution in [-0.2, 0) is 24.4 Å². The summed E-state index contributed by atoms with van der Waals surface area (Å²) < 4.78 is 70.6. The zero-order chi connectivity index (χ0) is 18.1. The van der Waals surface area contributed by atoms with Crippen LogP contribution in [0.1, 0.15) is 38.5 Å². The lowest BCUT2D eigenvalue weighted by atomic mass is 9.51. The van der Waals surface area contributed by atoms with E-state index in [4.69, 9.17) is 9.47 Å². The van der Waals surface area contributed by atoms with Gasteiger partial charge in [-0.3, -0.25) is 4.79 Å². The van der Waals surface area contributed by atoms with Gasteiger partial charge in [0.05, 0.1) is 18.8 Å². The van der Waals surface area contributed by atoms with Crippen molar-refractivity contribution in [3.63, 3.8) is 0 Å². The van der Waals surface area contributed by atoms with Crippen LogP contribution in [0.2, 0.25) is 0 Å². The van der Waals surface area contributed by atoms with E-state index >= 15 is 0 Å². The molecule has 10 heteroatoms. The lowest BCUT2D eigenvalue weighted by Crippen LogP contribution is -2.68. The number of amides is 1. The molecular formula is C15H20F2NO6S-. The Morgan fingerprint density at radius 2 is 1.88 bits per heavy atom. The van der Waals surface area contributed by atoms with Crippen molar-refractivity contribution in [3.8, 4) is 0 Å². The van der Waals surface area contributed by atoms with Crippen molar-refractivity contribution >= 4 is 16.0 Å². The van der Waals surface area contributed by atoms with E-state index in [1.54, 1.807) is 0 Å². The third-order valence-corrected chi connectivity index (χ3v) is 6.76. The van der Waals surface area contributed by atoms with Crippen molar-refractivity contribution in [1.29, 1.82) is 0 Å². The Bertz CT molecular complexity index is 678. The summed E-state index contributed by atoms with van der Waals surface area (Å²) in [5.74, 6) is -1.55. The number of hydrogen-bond acceptors (Lipinski definition) is 6. The first-order valence-electron chi connectivity index (χ1n) is 8.44. The minimum Gasteiger partial charge on any atom is -0.743 e. The molecule has 0 radical (unpaired) electrons. The molecule has 4 saturated carbocycles. The summed E-state index contributed by atoms with van der Waals surface area (Å²) >= 11 is 0. The molecule has 5 aliphatic rings. The predicted molar refractivity (Wildman–Crippen MR) is 78.6 cm³/mol. The molecule has 142 valence electrons. The number of nitrogens with one attached hydrogen (secondary N) is 1. The van der Waals surface area contributed by atoms with Gasteiger partial charge in [-0.2, -0.15) is 8.78 Å². The quantitative estimate of drug-likeness (QED) is 0.538. The highest BCUT2D eigenvalue weighted by Gasteiger charge is 2.61. The van der Waals surface area contributed by atoms with Gasteiger partial charge < -0.3 is 19.3 Å². The molecule has 1 N–H and O–H groups in total. The molecule has 5 rings (SSSR count). The van der Waals surface area contributed by atoms with Gasteiger partial charge in [-0.15, -0.1) is 0 Å². The molecule has 1 heterocycles. The predicted octanol–water partition coefficient (Wildman–Crippen LogP) is 0.747. The van der Waals surface area contributed by atoms with Crippen LogP contribution in [0, 0.1) is 11.8 Å². The van der Waals surface area contributed by atoms with Gasteiger partial charge in [0.15, 0.2) is 10.1 Å². The van der Waals surface area contributed by atoms with E-state index in [0.717, 1.165) is 19.3 Å². The van der Waals surface area contributed by atoms with Crippen molar-refractivity contribution in [2.75, 3.05) is 13.2 Å². The molecule has 3 atom stereocenters. The number of ether oxygens (including phenoxy) is 2. The smallest absolute Gasteiger partial charge is 0.410 e. The van der Waals surface area contributed by atoms with Crippen LogP contribution >= 0.6 is 0 Å². The summed E-state index contributed by atoms with van der Waals surface area (Å²) in [6.45, 7) is 1.09. The topological polar surface area (TPSA) is 108 Å². The lowest BCUT2D eigenvalue weighted by molar-refractivity contribution is -0.181. The second kappa shape index (κ2) is 5.34. The van der Waals surface area contributed by atoms with Gasteiger partial charge in [0.1, 0.15) is 6.10 Å². The monoisotopic (exact) mass is 380 g/mol. The van der Waals surface area contributed by atoms with E-state index in [9.17, 15) is 26.5 Å². The highest BCUT2D eigenvalue weighted by molar-refractivity contribution is 7.87. The average Bonchev–Trinajstić information content (AvgIpc) is 3.26. The first-order valence-corrected chi connectivity index (χ1v) is 9.85. The zero-order valence-corrected chi connectivity index (χ0v) is 14.3. The van der Waals surface area contributed by atoms with Crippen LogP contribution in [0.3, 0.4) is 0 Å². The SMILES string of the molecule is O=C(NC12CC3CC(C1)CC(OCC1CO1)(C3)C2)C(F)(F)S(=O)(=O)[O-]. The Balaban J connectivity index is 1.53. The highest BCUT2D eigenvalue weighted by Crippen LogP contribution is 2.59. The first kappa shape index (κ1) is 17.6. The number of hydrogen-bond donors (Lipinski definition) is 1. The van der Waals surface area contributed by atoms with Crippen molar-refractivity contribution in [2.24, 2.45) is 11.8 Å². The molecule has 0 aromatic carbocycles. The number of alkyl halides is 2. The molecule has 3 unspecified atom stereocenters. The Morgan fingerprint density at radius 1 is 1.28 bits per heavy atom. The summed E-state index contributed by atoms with van der Waals surface area (Å²) in [4.78, 5) is 11.9. The minimum absolute atomic E-state index is 0.0773. The van der Waals surface area contributed by atoms with Crippen LogP contribution in [0.4, 0.5) is 8.78 Å². The van der Waals surface area contributed by atoms with Gasteiger partial charge in [-0.25, -0.2) is 8.42 Å². The first-order chi connectivity index (χ1) is 11.5. The molecular weight excluding hydrogens is 360 g/mol. The number of rotatable bonds is 6. The fourth-order valence-corrected chi connectivity index (χ4v) is 5.63. The summed E-state index contributed by atoms with van der Waals surface area (Å²) in [7, 11) is -6.06. The van der Waals surface area contributed by atoms with Gasteiger partial charge in [0.25, 0.3) is 0 Å². The minimum atomic E-state index is -6.06. The Labute approximate surface area is 144 Å². The number of halogens is 2. The second-order valence-electron chi connectivity index (χ2n) is 8.12. The Morgan fingerprint density at radius 3 is 2.40 bits per heavy atom. The van der Waals surface area contributed by atoms with Crippen molar-refractivity contribution < 1.29 is 36.0 Å². The average molecular weight is 380 g/mol. The molecule has 0 spiro atoms. The van der Waals surface area contributed by atoms with E-state index in [1.165, 1.54) is 0 Å². The van der Waals surface area contributed by atoms with E-state index < -0.39 is 32.4 Å². The molecule has 25 heavy (non-hydrogen) atoms. The van der Waals surface area contributed by atoms with Gasteiger partial charge in [0, 0.05) is 5.54 Å². The second-order valence-corrected chi connectivity index (χ2v) is 9.54. The number of carbonyl (C=O) groups excluding carboxylic acids is 1. The zero-order valence-electron chi connectivity index (χ0n) is 13.5. The molecule has 4 aliphatic carbocycles. The molecule has 0 aromatic rings. The van der Waals surface area contributed by atoms with Gasteiger partial charge in [-0.05, 0) is 50.4 Å². The third-order valence-electron chi connectivity index (χ3n) is 5.94. The number of epoxide rings is 1. The summed E-state index contributed by atoms with van der Waals surface area (Å²) in [5, 5.41) is -2.75. The summed E-state index contributed by atoms with van der Waals surface area (Å²) in [6, 6.07) is 0. The maximum absolute atomic E-state index is 13.6. The fourth-order valence-electron chi connectivity index (χ4n) is 5.35. The standard InChI is InChI=1S/C15H21F2NO6S/c16-15(17,25(20,21)22)12(19)18-13-2-9-1-10(3-13)5-14(4-9,8-13)24-7-11-6-23-11/h9-11H,1-8H2,(H,18,19)(H,20,21,22)/p-1. The summed E-state index contributed by atoms with van der Waals surface area (Å²) in [6.07, 6.45) is 4.03. The largest absolute Gasteiger partial charge is 0.743 e. The van der Waals surface area contributed by atoms with Crippen LogP contribution in [-0.4, -0.2) is 54.6 Å².